The third-order valence-corrected chi connectivity index (χ3v) is 3.89. The Bertz CT molecular complexity index is 906. The van der Waals surface area contributed by atoms with Crippen molar-refractivity contribution in [3.05, 3.63) is 71.5 Å². The van der Waals surface area contributed by atoms with Gasteiger partial charge in [0.05, 0.1) is 12.7 Å². The van der Waals surface area contributed by atoms with Crippen LogP contribution in [0.5, 0.6) is 5.75 Å². The molecule has 0 bridgehead atoms. The van der Waals surface area contributed by atoms with E-state index < -0.39 is 0 Å². The average Bonchev–Trinajstić information content (AvgIpc) is 2.65. The summed E-state index contributed by atoms with van der Waals surface area (Å²) in [7, 11) is 1.62. The molecule has 0 aliphatic heterocycles. The molecule has 0 saturated carbocycles. The summed E-state index contributed by atoms with van der Waals surface area (Å²) in [4.78, 5) is 20.8. The smallest absolute Gasteiger partial charge is 0.258 e. The summed E-state index contributed by atoms with van der Waals surface area (Å²) in [6, 6.07) is 13.3. The van der Waals surface area contributed by atoms with Gasteiger partial charge in [0.15, 0.2) is 0 Å². The fraction of sp³-hybridized carbons (Fsp3) is 0.150. The van der Waals surface area contributed by atoms with Gasteiger partial charge < -0.3 is 15.4 Å². The first-order valence-electron chi connectivity index (χ1n) is 8.17. The van der Waals surface area contributed by atoms with Crippen LogP contribution in [0.4, 0.5) is 17.3 Å². The number of anilines is 3. The topological polar surface area (TPSA) is 76.1 Å². The number of carbonyl (C=O) groups is 1. The van der Waals surface area contributed by atoms with Crippen LogP contribution >= 0.6 is 0 Å². The molecule has 1 aromatic heterocycles. The highest BCUT2D eigenvalue weighted by atomic mass is 16.5. The van der Waals surface area contributed by atoms with Crippen LogP contribution < -0.4 is 15.4 Å². The van der Waals surface area contributed by atoms with Gasteiger partial charge in [0.1, 0.15) is 5.75 Å². The Balaban J connectivity index is 1.67. The molecule has 3 aromatic rings. The fourth-order valence-corrected chi connectivity index (χ4v) is 2.46. The number of aromatic nitrogens is 2. The second kappa shape index (κ2) is 7.65. The second-order valence-corrected chi connectivity index (χ2v) is 5.92. The fourth-order valence-electron chi connectivity index (χ4n) is 2.46. The van der Waals surface area contributed by atoms with E-state index >= 15 is 0 Å². The molecule has 0 aliphatic rings. The first kappa shape index (κ1) is 17.4. The van der Waals surface area contributed by atoms with Crippen LogP contribution in [0.15, 0.2) is 54.9 Å². The lowest BCUT2D eigenvalue weighted by Gasteiger charge is -2.09. The van der Waals surface area contributed by atoms with E-state index in [1.807, 2.05) is 56.3 Å². The largest absolute Gasteiger partial charge is 0.497 e. The molecule has 6 heteroatoms. The molecular weight excluding hydrogens is 328 g/mol. The maximum Gasteiger partial charge on any atom is 0.258 e. The monoisotopic (exact) mass is 348 g/mol. The molecule has 26 heavy (non-hydrogen) atoms. The van der Waals surface area contributed by atoms with Gasteiger partial charge in [0.25, 0.3) is 5.91 Å². The van der Waals surface area contributed by atoms with Crippen molar-refractivity contribution < 1.29 is 9.53 Å². The molecule has 0 aliphatic carbocycles. The maximum atomic E-state index is 12.4. The predicted octanol–water partition coefficient (Wildman–Crippen LogP) is 4.10. The molecule has 0 spiro atoms. The molecule has 6 nitrogen and oxygen atoms in total. The van der Waals surface area contributed by atoms with Crippen molar-refractivity contribution in [2.45, 2.75) is 13.8 Å². The Hall–Kier alpha value is -3.41. The van der Waals surface area contributed by atoms with Gasteiger partial charge in [0, 0.05) is 23.8 Å². The SMILES string of the molecule is COc1ccc(Nc2ncc(C(=O)Nc3ccc(C)cc3C)cn2)cc1. The summed E-state index contributed by atoms with van der Waals surface area (Å²) in [5.41, 5.74) is 4.17. The van der Waals surface area contributed by atoms with E-state index in [1.165, 1.54) is 12.4 Å². The van der Waals surface area contributed by atoms with Crippen molar-refractivity contribution in [1.29, 1.82) is 0 Å². The molecule has 0 unspecified atom stereocenters. The molecule has 0 saturated heterocycles. The van der Waals surface area contributed by atoms with E-state index in [0.29, 0.717) is 11.5 Å². The summed E-state index contributed by atoms with van der Waals surface area (Å²) in [6.45, 7) is 3.97. The van der Waals surface area contributed by atoms with Crippen LogP contribution in [0.1, 0.15) is 21.5 Å². The standard InChI is InChI=1S/C20H20N4O2/c1-13-4-9-18(14(2)10-13)24-19(25)15-11-21-20(22-12-15)23-16-5-7-17(26-3)8-6-16/h4-12H,1-3H3,(H,24,25)(H,21,22,23). The zero-order chi connectivity index (χ0) is 18.5. The van der Waals surface area contributed by atoms with Crippen LogP contribution in [-0.2, 0) is 0 Å². The predicted molar refractivity (Wildman–Crippen MR) is 102 cm³/mol. The summed E-state index contributed by atoms with van der Waals surface area (Å²) in [6.07, 6.45) is 3.00. The summed E-state index contributed by atoms with van der Waals surface area (Å²) >= 11 is 0. The number of hydrogen-bond donors (Lipinski definition) is 2. The third-order valence-electron chi connectivity index (χ3n) is 3.89. The lowest BCUT2D eigenvalue weighted by atomic mass is 10.1. The molecule has 0 atom stereocenters. The molecule has 0 radical (unpaired) electrons. The van der Waals surface area contributed by atoms with Crippen molar-refractivity contribution in [3.63, 3.8) is 0 Å². The number of benzene rings is 2. The quantitative estimate of drug-likeness (QED) is 0.726. The molecule has 132 valence electrons. The summed E-state index contributed by atoms with van der Waals surface area (Å²) in [5.74, 6) is 0.945. The van der Waals surface area contributed by atoms with E-state index in [9.17, 15) is 4.79 Å². The Labute approximate surface area is 152 Å². The molecule has 3 rings (SSSR count). The number of rotatable bonds is 5. The van der Waals surface area contributed by atoms with Gasteiger partial charge in [-0.15, -0.1) is 0 Å². The first-order valence-corrected chi connectivity index (χ1v) is 8.17. The normalized spacial score (nSPS) is 10.3. The van der Waals surface area contributed by atoms with E-state index in [4.69, 9.17) is 4.74 Å². The number of carbonyl (C=O) groups excluding carboxylic acids is 1. The number of nitrogens with one attached hydrogen (secondary N) is 2. The van der Waals surface area contributed by atoms with Gasteiger partial charge >= 0.3 is 0 Å². The second-order valence-electron chi connectivity index (χ2n) is 5.92. The van der Waals surface area contributed by atoms with Gasteiger partial charge in [-0.25, -0.2) is 9.97 Å². The summed E-state index contributed by atoms with van der Waals surface area (Å²) < 4.78 is 5.12. The van der Waals surface area contributed by atoms with Crippen molar-refractivity contribution in [3.8, 4) is 5.75 Å². The van der Waals surface area contributed by atoms with Gasteiger partial charge in [-0.05, 0) is 49.7 Å². The van der Waals surface area contributed by atoms with Crippen molar-refractivity contribution in [2.24, 2.45) is 0 Å². The lowest BCUT2D eigenvalue weighted by Crippen LogP contribution is -2.14. The highest BCUT2D eigenvalue weighted by Gasteiger charge is 2.09. The van der Waals surface area contributed by atoms with Crippen molar-refractivity contribution in [2.75, 3.05) is 17.7 Å². The lowest BCUT2D eigenvalue weighted by molar-refractivity contribution is 0.102. The highest BCUT2D eigenvalue weighted by molar-refractivity contribution is 6.04. The molecule has 2 aromatic carbocycles. The average molecular weight is 348 g/mol. The first-order chi connectivity index (χ1) is 12.5. The van der Waals surface area contributed by atoms with Crippen molar-refractivity contribution >= 4 is 23.2 Å². The minimum atomic E-state index is -0.243. The van der Waals surface area contributed by atoms with E-state index in [0.717, 1.165) is 28.3 Å². The molecule has 0 fully saturated rings. The Morgan fingerprint density at radius 1 is 1.00 bits per heavy atom. The zero-order valence-electron chi connectivity index (χ0n) is 14.9. The maximum absolute atomic E-state index is 12.4. The van der Waals surface area contributed by atoms with Crippen LogP contribution in [0.2, 0.25) is 0 Å². The number of nitrogens with zero attached hydrogens (tertiary/aromatic N) is 2. The van der Waals surface area contributed by atoms with Gasteiger partial charge in [0.2, 0.25) is 5.95 Å². The van der Waals surface area contributed by atoms with Gasteiger partial charge in [-0.1, -0.05) is 17.7 Å². The Morgan fingerprint density at radius 2 is 1.69 bits per heavy atom. The highest BCUT2D eigenvalue weighted by Crippen LogP contribution is 2.19. The number of aryl methyl sites for hydroxylation is 2. The van der Waals surface area contributed by atoms with Gasteiger partial charge in [-0.2, -0.15) is 0 Å². The number of amides is 1. The minimum Gasteiger partial charge on any atom is -0.497 e. The van der Waals surface area contributed by atoms with Crippen LogP contribution in [0.3, 0.4) is 0 Å². The van der Waals surface area contributed by atoms with Crippen LogP contribution in [-0.4, -0.2) is 23.0 Å². The number of ether oxygens (including phenoxy) is 1. The zero-order valence-corrected chi connectivity index (χ0v) is 14.9. The van der Waals surface area contributed by atoms with Gasteiger partial charge in [-0.3, -0.25) is 4.79 Å². The third kappa shape index (κ3) is 4.16. The minimum absolute atomic E-state index is 0.243. The van der Waals surface area contributed by atoms with E-state index in [2.05, 4.69) is 20.6 Å². The summed E-state index contributed by atoms with van der Waals surface area (Å²) in [5, 5.41) is 5.96. The number of hydrogen-bond acceptors (Lipinski definition) is 5. The molecular formula is C20H20N4O2. The van der Waals surface area contributed by atoms with Crippen LogP contribution in [0, 0.1) is 13.8 Å². The number of methoxy groups -OCH3 is 1. The Kier molecular flexibility index (Phi) is 5.12. The molecule has 1 heterocycles. The molecule has 2 N–H and O–H groups in total. The van der Waals surface area contributed by atoms with Crippen LogP contribution in [0.25, 0.3) is 0 Å². The molecule has 1 amide bonds. The van der Waals surface area contributed by atoms with E-state index in [1.54, 1.807) is 7.11 Å². The van der Waals surface area contributed by atoms with E-state index in [-0.39, 0.29) is 5.91 Å². The Morgan fingerprint density at radius 3 is 2.31 bits per heavy atom. The van der Waals surface area contributed by atoms with Crippen molar-refractivity contribution in [1.82, 2.24) is 9.97 Å².